The molecule has 98 valence electrons. The van der Waals surface area contributed by atoms with Gasteiger partial charge in [0, 0.05) is 10.0 Å². The van der Waals surface area contributed by atoms with Gasteiger partial charge in [0.25, 0.3) is 0 Å². The zero-order valence-electron chi connectivity index (χ0n) is 9.99. The largest absolute Gasteiger partial charge is 0.487 e. The maximum Gasteiger partial charge on any atom is 0.139 e. The Bertz CT molecular complexity index is 616. The molecular weight excluding hydrogens is 328 g/mol. The molecular formula is C14H12BrClN2O. The van der Waals surface area contributed by atoms with Gasteiger partial charge in [0.1, 0.15) is 18.2 Å². The quantitative estimate of drug-likeness (QED) is 0.654. The van der Waals surface area contributed by atoms with Gasteiger partial charge in [-0.25, -0.2) is 0 Å². The molecule has 0 heterocycles. The second-order valence-electron chi connectivity index (χ2n) is 3.98. The first kappa shape index (κ1) is 13.9. The highest BCUT2D eigenvalue weighted by Gasteiger charge is 2.04. The van der Waals surface area contributed by atoms with Crippen molar-refractivity contribution in [2.24, 2.45) is 5.73 Å². The van der Waals surface area contributed by atoms with Crippen LogP contribution in [0.3, 0.4) is 0 Å². The fraction of sp³-hybridized carbons (Fsp3) is 0.0714. The lowest BCUT2D eigenvalue weighted by Gasteiger charge is -2.09. The second kappa shape index (κ2) is 6.08. The van der Waals surface area contributed by atoms with Crippen LogP contribution in [0.2, 0.25) is 5.02 Å². The van der Waals surface area contributed by atoms with Crippen molar-refractivity contribution in [3.63, 3.8) is 0 Å². The first-order valence-corrected chi connectivity index (χ1v) is 6.74. The summed E-state index contributed by atoms with van der Waals surface area (Å²) in [6.07, 6.45) is 0. The summed E-state index contributed by atoms with van der Waals surface area (Å²) in [7, 11) is 0. The molecule has 0 unspecified atom stereocenters. The topological polar surface area (TPSA) is 59.1 Å². The van der Waals surface area contributed by atoms with E-state index in [2.05, 4.69) is 15.9 Å². The number of nitrogens with one attached hydrogen (secondary N) is 1. The summed E-state index contributed by atoms with van der Waals surface area (Å²) in [6, 6.07) is 12.8. The number of halogens is 2. The first-order chi connectivity index (χ1) is 9.06. The smallest absolute Gasteiger partial charge is 0.139 e. The first-order valence-electron chi connectivity index (χ1n) is 5.57. The molecule has 0 saturated heterocycles. The molecule has 0 saturated carbocycles. The van der Waals surface area contributed by atoms with Gasteiger partial charge in [0.05, 0.1) is 5.02 Å². The third-order valence-electron chi connectivity index (χ3n) is 2.53. The zero-order valence-corrected chi connectivity index (χ0v) is 12.3. The Labute approximate surface area is 125 Å². The van der Waals surface area contributed by atoms with Crippen molar-refractivity contribution in [1.29, 1.82) is 5.41 Å². The van der Waals surface area contributed by atoms with Crippen molar-refractivity contribution in [1.82, 2.24) is 0 Å². The number of hydrogen-bond donors (Lipinski definition) is 2. The van der Waals surface area contributed by atoms with E-state index in [4.69, 9.17) is 27.5 Å². The Morgan fingerprint density at radius 1 is 1.26 bits per heavy atom. The minimum atomic E-state index is 0.0438. The van der Waals surface area contributed by atoms with Crippen LogP contribution < -0.4 is 10.5 Å². The molecule has 3 nitrogen and oxygen atoms in total. The van der Waals surface area contributed by atoms with E-state index in [1.54, 1.807) is 12.1 Å². The lowest BCUT2D eigenvalue weighted by molar-refractivity contribution is 0.306. The number of hydrogen-bond acceptors (Lipinski definition) is 2. The van der Waals surface area contributed by atoms with E-state index in [0.29, 0.717) is 22.9 Å². The van der Waals surface area contributed by atoms with Gasteiger partial charge in [-0.05, 0) is 29.8 Å². The van der Waals surface area contributed by atoms with Crippen LogP contribution in [0.15, 0.2) is 46.9 Å². The van der Waals surface area contributed by atoms with Crippen LogP contribution in [-0.2, 0) is 6.61 Å². The normalized spacial score (nSPS) is 10.2. The van der Waals surface area contributed by atoms with Crippen LogP contribution in [0.4, 0.5) is 0 Å². The Hall–Kier alpha value is -1.52. The number of amidine groups is 1. The van der Waals surface area contributed by atoms with Gasteiger partial charge in [0.2, 0.25) is 0 Å². The SMILES string of the molecule is N=C(N)c1cccc(COc2cc(Br)ccc2Cl)c1. The molecule has 0 aliphatic heterocycles. The molecule has 2 aromatic rings. The van der Waals surface area contributed by atoms with Crippen molar-refractivity contribution in [2.45, 2.75) is 6.61 Å². The lowest BCUT2D eigenvalue weighted by atomic mass is 10.1. The third kappa shape index (κ3) is 3.72. The summed E-state index contributed by atoms with van der Waals surface area (Å²) in [5.41, 5.74) is 7.06. The van der Waals surface area contributed by atoms with Crippen LogP contribution in [0, 0.1) is 5.41 Å². The zero-order chi connectivity index (χ0) is 13.8. The monoisotopic (exact) mass is 338 g/mol. The summed E-state index contributed by atoms with van der Waals surface area (Å²) in [6.45, 7) is 0.372. The fourth-order valence-corrected chi connectivity index (χ4v) is 2.09. The highest BCUT2D eigenvalue weighted by atomic mass is 79.9. The minimum absolute atomic E-state index is 0.0438. The van der Waals surface area contributed by atoms with Crippen molar-refractivity contribution in [3.05, 3.63) is 63.1 Å². The number of nitrogen functional groups attached to an aromatic ring is 1. The van der Waals surface area contributed by atoms with E-state index in [1.165, 1.54) is 0 Å². The summed E-state index contributed by atoms with van der Waals surface area (Å²) >= 11 is 9.41. The maximum atomic E-state index is 7.40. The van der Waals surface area contributed by atoms with Gasteiger partial charge in [0.15, 0.2) is 0 Å². The van der Waals surface area contributed by atoms with E-state index in [-0.39, 0.29) is 5.84 Å². The summed E-state index contributed by atoms with van der Waals surface area (Å²) in [4.78, 5) is 0. The van der Waals surface area contributed by atoms with Crippen molar-refractivity contribution >= 4 is 33.4 Å². The Morgan fingerprint density at radius 3 is 2.79 bits per heavy atom. The van der Waals surface area contributed by atoms with E-state index >= 15 is 0 Å². The molecule has 0 amide bonds. The number of benzene rings is 2. The van der Waals surface area contributed by atoms with Crippen LogP contribution >= 0.6 is 27.5 Å². The highest BCUT2D eigenvalue weighted by molar-refractivity contribution is 9.10. The second-order valence-corrected chi connectivity index (χ2v) is 5.30. The molecule has 0 aliphatic rings. The van der Waals surface area contributed by atoms with Crippen molar-refractivity contribution in [2.75, 3.05) is 0 Å². The van der Waals surface area contributed by atoms with Gasteiger partial charge in [-0.3, -0.25) is 5.41 Å². The van der Waals surface area contributed by atoms with Gasteiger partial charge < -0.3 is 10.5 Å². The van der Waals surface area contributed by atoms with E-state index < -0.39 is 0 Å². The van der Waals surface area contributed by atoms with Crippen LogP contribution in [-0.4, -0.2) is 5.84 Å². The molecule has 2 aromatic carbocycles. The molecule has 0 spiro atoms. The van der Waals surface area contributed by atoms with Crippen molar-refractivity contribution in [3.8, 4) is 5.75 Å². The molecule has 0 radical (unpaired) electrons. The molecule has 0 bridgehead atoms. The highest BCUT2D eigenvalue weighted by Crippen LogP contribution is 2.28. The summed E-state index contributed by atoms with van der Waals surface area (Å²) in [5.74, 6) is 0.659. The lowest BCUT2D eigenvalue weighted by Crippen LogP contribution is -2.11. The average Bonchev–Trinajstić information content (AvgIpc) is 2.40. The molecule has 0 fully saturated rings. The molecule has 0 aliphatic carbocycles. The summed E-state index contributed by atoms with van der Waals surface area (Å²) in [5, 5.41) is 7.96. The number of nitrogens with two attached hydrogens (primary N) is 1. The summed E-state index contributed by atoms with van der Waals surface area (Å²) < 4.78 is 6.57. The van der Waals surface area contributed by atoms with Gasteiger partial charge in [-0.2, -0.15) is 0 Å². The van der Waals surface area contributed by atoms with Crippen molar-refractivity contribution < 1.29 is 4.74 Å². The number of rotatable bonds is 4. The molecule has 0 atom stereocenters. The maximum absolute atomic E-state index is 7.40. The molecule has 3 N–H and O–H groups in total. The van der Waals surface area contributed by atoms with Gasteiger partial charge >= 0.3 is 0 Å². The van der Waals surface area contributed by atoms with Crippen LogP contribution in [0.25, 0.3) is 0 Å². The fourth-order valence-electron chi connectivity index (χ4n) is 1.58. The average molecular weight is 340 g/mol. The van der Waals surface area contributed by atoms with Gasteiger partial charge in [-0.15, -0.1) is 0 Å². The van der Waals surface area contributed by atoms with E-state index in [1.807, 2.05) is 30.3 Å². The minimum Gasteiger partial charge on any atom is -0.487 e. The molecule has 19 heavy (non-hydrogen) atoms. The van der Waals surface area contributed by atoms with E-state index in [0.717, 1.165) is 10.0 Å². The van der Waals surface area contributed by atoms with Crippen LogP contribution in [0.1, 0.15) is 11.1 Å². The standard InChI is InChI=1S/C14H12BrClN2O/c15-11-4-5-12(16)13(7-11)19-8-9-2-1-3-10(6-9)14(17)18/h1-7H,8H2,(H3,17,18). The number of ether oxygens (including phenoxy) is 1. The van der Waals surface area contributed by atoms with E-state index in [9.17, 15) is 0 Å². The Morgan fingerprint density at radius 2 is 2.05 bits per heavy atom. The third-order valence-corrected chi connectivity index (χ3v) is 3.33. The molecule has 2 rings (SSSR count). The molecule has 0 aromatic heterocycles. The predicted octanol–water partition coefficient (Wildman–Crippen LogP) is 3.97. The molecule has 5 heteroatoms. The van der Waals surface area contributed by atoms with Gasteiger partial charge in [-0.1, -0.05) is 45.7 Å². The Balaban J connectivity index is 2.12. The van der Waals surface area contributed by atoms with Crippen LogP contribution in [0.5, 0.6) is 5.75 Å². The Kier molecular flexibility index (Phi) is 4.45. The predicted molar refractivity (Wildman–Crippen MR) is 80.9 cm³/mol.